The molecule has 0 aliphatic carbocycles. The van der Waals surface area contributed by atoms with Gasteiger partial charge >= 0.3 is 0 Å². The second-order valence-corrected chi connectivity index (χ2v) is 8.34. The van der Waals surface area contributed by atoms with E-state index in [-0.39, 0.29) is 41.7 Å². The Kier molecular flexibility index (Phi) is 5.05. The Balaban J connectivity index is 1.76. The van der Waals surface area contributed by atoms with Gasteiger partial charge in [-0.1, -0.05) is 17.7 Å². The molecule has 0 bridgehead atoms. The summed E-state index contributed by atoms with van der Waals surface area (Å²) in [6.45, 7) is 3.80. The third-order valence-corrected chi connectivity index (χ3v) is 6.84. The maximum absolute atomic E-state index is 13.9. The van der Waals surface area contributed by atoms with Gasteiger partial charge in [-0.25, -0.2) is 12.8 Å². The number of carbonyl (C=O) groups excluding carboxylic acids is 1. The molecular weight excluding hydrogens is 383 g/mol. The molecule has 7 nitrogen and oxygen atoms in total. The minimum atomic E-state index is -3.71. The van der Waals surface area contributed by atoms with Crippen LogP contribution >= 0.6 is 11.6 Å². The molecule has 140 valence electrons. The molecule has 2 heterocycles. The van der Waals surface area contributed by atoms with Crippen molar-refractivity contribution in [1.29, 1.82) is 0 Å². The van der Waals surface area contributed by atoms with Crippen LogP contribution in [0.5, 0.6) is 0 Å². The maximum atomic E-state index is 13.9. The van der Waals surface area contributed by atoms with Crippen LogP contribution in [0.2, 0.25) is 5.02 Å². The van der Waals surface area contributed by atoms with Gasteiger partial charge in [0.25, 0.3) is 5.91 Å². The normalized spacial score (nSPS) is 16.1. The summed E-state index contributed by atoms with van der Waals surface area (Å²) in [7, 11) is -3.71. The zero-order valence-electron chi connectivity index (χ0n) is 14.3. The van der Waals surface area contributed by atoms with E-state index in [0.717, 1.165) is 0 Å². The predicted octanol–water partition coefficient (Wildman–Crippen LogP) is 1.97. The van der Waals surface area contributed by atoms with Crippen LogP contribution in [0, 0.1) is 19.7 Å². The van der Waals surface area contributed by atoms with Gasteiger partial charge in [-0.05, 0) is 26.0 Å². The Morgan fingerprint density at radius 2 is 1.88 bits per heavy atom. The number of aryl methyl sites for hydroxylation is 2. The van der Waals surface area contributed by atoms with Gasteiger partial charge in [-0.3, -0.25) is 9.89 Å². The fraction of sp³-hybridized carbons (Fsp3) is 0.375. The number of halogens is 2. The van der Waals surface area contributed by atoms with Crippen molar-refractivity contribution in [3.05, 3.63) is 46.0 Å². The first-order valence-corrected chi connectivity index (χ1v) is 9.80. The minimum absolute atomic E-state index is 0.0368. The van der Waals surface area contributed by atoms with E-state index in [1.165, 1.54) is 27.4 Å². The van der Waals surface area contributed by atoms with Crippen LogP contribution in [0.15, 0.2) is 23.1 Å². The van der Waals surface area contributed by atoms with Crippen molar-refractivity contribution in [3.63, 3.8) is 0 Å². The van der Waals surface area contributed by atoms with Crippen LogP contribution in [-0.2, 0) is 10.0 Å². The zero-order chi connectivity index (χ0) is 19.1. The molecule has 1 aliphatic rings. The molecule has 0 unspecified atom stereocenters. The highest BCUT2D eigenvalue weighted by Gasteiger charge is 2.34. The van der Waals surface area contributed by atoms with E-state index in [2.05, 4.69) is 10.2 Å². The standard InChI is InChI=1S/C16H18ClFN4O3S/c1-10-15(11(2)20-19-10)26(24,25)22-8-6-21(7-9-22)16(23)14-12(17)4-3-5-13(14)18/h3-5H,6-9H2,1-2H3,(H,19,20). The highest BCUT2D eigenvalue weighted by molar-refractivity contribution is 7.89. The van der Waals surface area contributed by atoms with Crippen LogP contribution in [0.4, 0.5) is 4.39 Å². The van der Waals surface area contributed by atoms with E-state index >= 15 is 0 Å². The van der Waals surface area contributed by atoms with Crippen molar-refractivity contribution in [2.45, 2.75) is 18.7 Å². The van der Waals surface area contributed by atoms with E-state index in [1.54, 1.807) is 13.8 Å². The highest BCUT2D eigenvalue weighted by atomic mass is 35.5. The van der Waals surface area contributed by atoms with Crippen molar-refractivity contribution in [3.8, 4) is 0 Å². The lowest BCUT2D eigenvalue weighted by atomic mass is 10.1. The lowest BCUT2D eigenvalue weighted by Crippen LogP contribution is -2.50. The summed E-state index contributed by atoms with van der Waals surface area (Å²) in [6.07, 6.45) is 0. The number of aromatic nitrogens is 2. The number of sulfonamides is 1. The molecule has 1 aromatic carbocycles. The molecule has 1 aliphatic heterocycles. The van der Waals surface area contributed by atoms with Gasteiger partial charge in [0.1, 0.15) is 10.7 Å². The average molecular weight is 401 g/mol. The largest absolute Gasteiger partial charge is 0.336 e. The molecule has 1 fully saturated rings. The number of nitrogens with zero attached hydrogens (tertiary/aromatic N) is 3. The first-order valence-electron chi connectivity index (χ1n) is 7.98. The fourth-order valence-corrected chi connectivity index (χ4v) is 5.04. The van der Waals surface area contributed by atoms with Crippen LogP contribution in [-0.4, -0.2) is 59.9 Å². The van der Waals surface area contributed by atoms with Crippen molar-refractivity contribution >= 4 is 27.5 Å². The second kappa shape index (κ2) is 6.98. The van der Waals surface area contributed by atoms with Gasteiger partial charge in [0.2, 0.25) is 10.0 Å². The Labute approximate surface area is 155 Å². The number of rotatable bonds is 3. The number of aromatic amines is 1. The molecule has 1 saturated heterocycles. The molecule has 0 radical (unpaired) electrons. The van der Waals surface area contributed by atoms with Crippen LogP contribution in [0.25, 0.3) is 0 Å². The van der Waals surface area contributed by atoms with Crippen molar-refractivity contribution < 1.29 is 17.6 Å². The molecule has 0 saturated carbocycles. The molecular formula is C16H18ClFN4O3S. The number of benzene rings is 1. The highest BCUT2D eigenvalue weighted by Crippen LogP contribution is 2.25. The molecule has 1 aromatic heterocycles. The van der Waals surface area contributed by atoms with Gasteiger partial charge in [0.15, 0.2) is 0 Å². The molecule has 2 aromatic rings. The summed E-state index contributed by atoms with van der Waals surface area (Å²) in [6, 6.07) is 4.04. The summed E-state index contributed by atoms with van der Waals surface area (Å²) in [5, 5.41) is 6.63. The zero-order valence-corrected chi connectivity index (χ0v) is 15.9. The quantitative estimate of drug-likeness (QED) is 0.853. The van der Waals surface area contributed by atoms with Crippen molar-refractivity contribution in [2.24, 2.45) is 0 Å². The Morgan fingerprint density at radius 3 is 2.42 bits per heavy atom. The minimum Gasteiger partial charge on any atom is -0.336 e. The molecule has 0 spiro atoms. The lowest BCUT2D eigenvalue weighted by molar-refractivity contribution is 0.0693. The number of H-pyrrole nitrogens is 1. The summed E-state index contributed by atoms with van der Waals surface area (Å²) in [4.78, 5) is 14.1. The fourth-order valence-electron chi connectivity index (χ4n) is 3.04. The van der Waals surface area contributed by atoms with Gasteiger partial charge < -0.3 is 4.90 Å². The topological polar surface area (TPSA) is 86.4 Å². The van der Waals surface area contributed by atoms with E-state index < -0.39 is 21.7 Å². The van der Waals surface area contributed by atoms with E-state index in [1.807, 2.05) is 0 Å². The number of hydrogen-bond acceptors (Lipinski definition) is 4. The van der Waals surface area contributed by atoms with Crippen LogP contribution < -0.4 is 0 Å². The summed E-state index contributed by atoms with van der Waals surface area (Å²) in [5.74, 6) is -1.23. The van der Waals surface area contributed by atoms with Gasteiger partial charge in [0, 0.05) is 26.2 Å². The van der Waals surface area contributed by atoms with Crippen molar-refractivity contribution in [2.75, 3.05) is 26.2 Å². The number of carbonyl (C=O) groups is 1. The molecule has 0 atom stereocenters. The third kappa shape index (κ3) is 3.22. The summed E-state index contributed by atoms with van der Waals surface area (Å²) < 4.78 is 40.9. The average Bonchev–Trinajstić information content (AvgIpc) is 2.94. The smallest absolute Gasteiger partial charge is 0.258 e. The lowest BCUT2D eigenvalue weighted by Gasteiger charge is -2.34. The predicted molar refractivity (Wildman–Crippen MR) is 94.1 cm³/mol. The monoisotopic (exact) mass is 400 g/mol. The Bertz CT molecular complexity index is 913. The Morgan fingerprint density at radius 1 is 1.23 bits per heavy atom. The summed E-state index contributed by atoms with van der Waals surface area (Å²) >= 11 is 5.94. The third-order valence-electron chi connectivity index (χ3n) is 4.36. The number of hydrogen-bond donors (Lipinski definition) is 1. The maximum Gasteiger partial charge on any atom is 0.258 e. The van der Waals surface area contributed by atoms with Gasteiger partial charge in [-0.15, -0.1) is 0 Å². The molecule has 1 N–H and O–H groups in total. The number of amides is 1. The van der Waals surface area contributed by atoms with E-state index in [9.17, 15) is 17.6 Å². The number of nitrogens with one attached hydrogen (secondary N) is 1. The van der Waals surface area contributed by atoms with Crippen LogP contribution in [0.1, 0.15) is 21.7 Å². The van der Waals surface area contributed by atoms with E-state index in [0.29, 0.717) is 11.4 Å². The SMILES string of the molecule is Cc1n[nH]c(C)c1S(=O)(=O)N1CCN(C(=O)c2c(F)cccc2Cl)CC1. The molecule has 10 heteroatoms. The number of piperazine rings is 1. The van der Waals surface area contributed by atoms with Gasteiger partial charge in [-0.2, -0.15) is 9.40 Å². The molecule has 3 rings (SSSR count). The van der Waals surface area contributed by atoms with Crippen molar-refractivity contribution in [1.82, 2.24) is 19.4 Å². The Hall–Kier alpha value is -1.97. The molecule has 26 heavy (non-hydrogen) atoms. The summed E-state index contributed by atoms with van der Waals surface area (Å²) in [5.41, 5.74) is 0.685. The van der Waals surface area contributed by atoms with Gasteiger partial charge in [0.05, 0.1) is 22.0 Å². The first kappa shape index (κ1) is 18.8. The second-order valence-electron chi connectivity index (χ2n) is 6.06. The first-order chi connectivity index (χ1) is 12.2. The molecule has 1 amide bonds. The van der Waals surface area contributed by atoms with Crippen LogP contribution in [0.3, 0.4) is 0 Å². The van der Waals surface area contributed by atoms with E-state index in [4.69, 9.17) is 11.6 Å².